The molecule has 0 amide bonds. The molecule has 0 fully saturated rings. The predicted octanol–water partition coefficient (Wildman–Crippen LogP) is 3.02. The molecule has 4 rings (SSSR count). The molecule has 2 unspecified atom stereocenters. The maximum atomic E-state index is 13.1. The molecule has 0 saturated carbocycles. The van der Waals surface area contributed by atoms with Crippen molar-refractivity contribution in [2.75, 3.05) is 5.32 Å². The van der Waals surface area contributed by atoms with Crippen LogP contribution in [0.25, 0.3) is 0 Å². The molecule has 5 nitrogen and oxygen atoms in total. The van der Waals surface area contributed by atoms with Gasteiger partial charge in [0.1, 0.15) is 5.82 Å². The average Bonchev–Trinajstić information content (AvgIpc) is 3.18. The van der Waals surface area contributed by atoms with Gasteiger partial charge < -0.3 is 5.32 Å². The standard InChI is InChI=1S/C14H12FN5S/c15-10-5-3-9(4-6-10)11-8-12(13-2-1-7-21-13)20-14(16-11)17-18-19-20/h1-7,11-12H,8H2,(H,16,17,19). The topological polar surface area (TPSA) is 55.6 Å². The molecule has 106 valence electrons. The minimum Gasteiger partial charge on any atom is -0.346 e. The summed E-state index contributed by atoms with van der Waals surface area (Å²) < 4.78 is 14.9. The molecular formula is C14H12FN5S. The van der Waals surface area contributed by atoms with Crippen LogP contribution >= 0.6 is 11.3 Å². The van der Waals surface area contributed by atoms with Crippen molar-refractivity contribution in [3.8, 4) is 0 Å². The van der Waals surface area contributed by atoms with Crippen molar-refractivity contribution in [3.05, 3.63) is 58.0 Å². The van der Waals surface area contributed by atoms with Crippen molar-refractivity contribution in [1.29, 1.82) is 0 Å². The maximum Gasteiger partial charge on any atom is 0.244 e. The van der Waals surface area contributed by atoms with Gasteiger partial charge in [-0.2, -0.15) is 0 Å². The minimum atomic E-state index is -0.228. The van der Waals surface area contributed by atoms with E-state index in [-0.39, 0.29) is 17.9 Å². The Morgan fingerprint density at radius 2 is 2.10 bits per heavy atom. The Balaban J connectivity index is 1.72. The van der Waals surface area contributed by atoms with Crippen molar-refractivity contribution in [2.45, 2.75) is 18.5 Å². The zero-order chi connectivity index (χ0) is 14.2. The Morgan fingerprint density at radius 1 is 1.24 bits per heavy atom. The van der Waals surface area contributed by atoms with Crippen molar-refractivity contribution < 1.29 is 4.39 Å². The smallest absolute Gasteiger partial charge is 0.244 e. The lowest BCUT2D eigenvalue weighted by Gasteiger charge is -2.30. The summed E-state index contributed by atoms with van der Waals surface area (Å²) in [6, 6.07) is 10.9. The maximum absolute atomic E-state index is 13.1. The summed E-state index contributed by atoms with van der Waals surface area (Å²) in [4.78, 5) is 1.22. The van der Waals surface area contributed by atoms with Crippen LogP contribution in [0.5, 0.6) is 0 Å². The second-order valence-corrected chi connectivity index (χ2v) is 5.94. The summed E-state index contributed by atoms with van der Waals surface area (Å²) in [5.41, 5.74) is 1.03. The molecule has 0 spiro atoms. The van der Waals surface area contributed by atoms with E-state index in [1.807, 2.05) is 16.1 Å². The molecule has 1 N–H and O–H groups in total. The lowest BCUT2D eigenvalue weighted by Crippen LogP contribution is -2.27. The van der Waals surface area contributed by atoms with Gasteiger partial charge in [-0.25, -0.2) is 9.07 Å². The van der Waals surface area contributed by atoms with E-state index in [2.05, 4.69) is 26.9 Å². The van der Waals surface area contributed by atoms with Gasteiger partial charge in [-0.3, -0.25) is 0 Å². The Hall–Kier alpha value is -2.28. The van der Waals surface area contributed by atoms with Crippen molar-refractivity contribution in [2.24, 2.45) is 0 Å². The van der Waals surface area contributed by atoms with Gasteiger partial charge in [-0.05, 0) is 46.0 Å². The number of nitrogens with zero attached hydrogens (tertiary/aromatic N) is 4. The number of aromatic nitrogens is 4. The molecule has 1 aromatic carbocycles. The number of fused-ring (bicyclic) bond motifs is 1. The molecule has 3 heterocycles. The summed E-state index contributed by atoms with van der Waals surface area (Å²) in [7, 11) is 0. The fourth-order valence-corrected chi connectivity index (χ4v) is 3.49. The van der Waals surface area contributed by atoms with E-state index >= 15 is 0 Å². The highest BCUT2D eigenvalue weighted by Crippen LogP contribution is 2.38. The quantitative estimate of drug-likeness (QED) is 0.790. The van der Waals surface area contributed by atoms with Crippen molar-refractivity contribution in [3.63, 3.8) is 0 Å². The lowest BCUT2D eigenvalue weighted by molar-refractivity contribution is 0.429. The van der Waals surface area contributed by atoms with Crippen LogP contribution in [-0.4, -0.2) is 20.2 Å². The molecule has 7 heteroatoms. The molecular weight excluding hydrogens is 289 g/mol. The predicted molar refractivity (Wildman–Crippen MR) is 77.7 cm³/mol. The largest absolute Gasteiger partial charge is 0.346 e. The summed E-state index contributed by atoms with van der Waals surface area (Å²) in [5.74, 6) is 0.420. The zero-order valence-electron chi connectivity index (χ0n) is 11.0. The van der Waals surface area contributed by atoms with Crippen molar-refractivity contribution >= 4 is 17.3 Å². The van der Waals surface area contributed by atoms with Crippen LogP contribution in [0.4, 0.5) is 10.3 Å². The van der Waals surface area contributed by atoms with Crippen LogP contribution in [0.15, 0.2) is 41.8 Å². The van der Waals surface area contributed by atoms with E-state index in [0.29, 0.717) is 5.95 Å². The van der Waals surface area contributed by atoms with Gasteiger partial charge in [0.25, 0.3) is 0 Å². The van der Waals surface area contributed by atoms with Crippen LogP contribution in [0.2, 0.25) is 0 Å². The van der Waals surface area contributed by atoms with Gasteiger partial charge in [0.05, 0.1) is 12.1 Å². The number of nitrogens with one attached hydrogen (secondary N) is 1. The number of rotatable bonds is 2. The molecule has 21 heavy (non-hydrogen) atoms. The van der Waals surface area contributed by atoms with Gasteiger partial charge in [0.2, 0.25) is 5.95 Å². The molecule has 2 atom stereocenters. The van der Waals surface area contributed by atoms with E-state index in [1.165, 1.54) is 17.0 Å². The monoisotopic (exact) mass is 301 g/mol. The Labute approximate surface area is 124 Å². The van der Waals surface area contributed by atoms with Crippen LogP contribution < -0.4 is 5.32 Å². The fourth-order valence-electron chi connectivity index (χ4n) is 2.67. The normalized spacial score (nSPS) is 20.8. The highest BCUT2D eigenvalue weighted by atomic mass is 32.1. The first-order chi connectivity index (χ1) is 10.3. The average molecular weight is 301 g/mol. The van der Waals surface area contributed by atoms with Crippen LogP contribution in [0.1, 0.15) is 28.9 Å². The number of halogens is 1. The van der Waals surface area contributed by atoms with E-state index in [0.717, 1.165) is 12.0 Å². The van der Waals surface area contributed by atoms with E-state index in [9.17, 15) is 4.39 Å². The second-order valence-electron chi connectivity index (χ2n) is 4.96. The lowest BCUT2D eigenvalue weighted by atomic mass is 9.97. The molecule has 0 aliphatic carbocycles. The minimum absolute atomic E-state index is 0.0659. The van der Waals surface area contributed by atoms with Crippen molar-refractivity contribution in [1.82, 2.24) is 20.2 Å². The third-order valence-corrected chi connectivity index (χ3v) is 4.67. The van der Waals surface area contributed by atoms with Crippen LogP contribution in [0.3, 0.4) is 0 Å². The number of hydrogen-bond donors (Lipinski definition) is 1. The Bertz CT molecular complexity index is 737. The Kier molecular flexibility index (Phi) is 2.92. The van der Waals surface area contributed by atoms with Gasteiger partial charge in [-0.15, -0.1) is 11.3 Å². The summed E-state index contributed by atoms with van der Waals surface area (Å²) in [6.45, 7) is 0. The van der Waals surface area contributed by atoms with Gasteiger partial charge in [-0.1, -0.05) is 23.3 Å². The molecule has 3 aromatic rings. The number of hydrogen-bond acceptors (Lipinski definition) is 5. The summed E-state index contributed by atoms with van der Waals surface area (Å²) >= 11 is 1.69. The SMILES string of the molecule is Fc1ccc(C2CC(c3cccs3)n3nnnc3N2)cc1. The first kappa shape index (κ1) is 12.5. The summed E-state index contributed by atoms with van der Waals surface area (Å²) in [5, 5.41) is 17.2. The molecule has 1 aliphatic rings. The van der Waals surface area contributed by atoms with E-state index in [1.54, 1.807) is 23.5 Å². The zero-order valence-corrected chi connectivity index (χ0v) is 11.8. The van der Waals surface area contributed by atoms with E-state index < -0.39 is 0 Å². The molecule has 0 bridgehead atoms. The number of anilines is 1. The molecule has 0 saturated heterocycles. The Morgan fingerprint density at radius 3 is 2.86 bits per heavy atom. The van der Waals surface area contributed by atoms with E-state index in [4.69, 9.17) is 0 Å². The number of tetrazole rings is 1. The van der Waals surface area contributed by atoms with Gasteiger partial charge in [0.15, 0.2) is 0 Å². The second kappa shape index (κ2) is 4.92. The molecule has 0 radical (unpaired) electrons. The van der Waals surface area contributed by atoms with Crippen LogP contribution in [-0.2, 0) is 0 Å². The number of benzene rings is 1. The number of thiophene rings is 1. The van der Waals surface area contributed by atoms with Gasteiger partial charge >= 0.3 is 0 Å². The molecule has 2 aromatic heterocycles. The fraction of sp³-hybridized carbons (Fsp3) is 0.214. The first-order valence-corrected chi connectivity index (χ1v) is 7.52. The third-order valence-electron chi connectivity index (χ3n) is 3.69. The molecule has 1 aliphatic heterocycles. The van der Waals surface area contributed by atoms with Crippen LogP contribution in [0, 0.1) is 5.82 Å². The highest BCUT2D eigenvalue weighted by Gasteiger charge is 2.31. The van der Waals surface area contributed by atoms with Gasteiger partial charge in [0, 0.05) is 4.88 Å². The first-order valence-electron chi connectivity index (χ1n) is 6.64. The third kappa shape index (κ3) is 2.19. The highest BCUT2D eigenvalue weighted by molar-refractivity contribution is 7.10. The summed E-state index contributed by atoms with van der Waals surface area (Å²) in [6.07, 6.45) is 0.824.